The molecule has 1 amide bonds. The van der Waals surface area contributed by atoms with Crippen LogP contribution in [0.15, 0.2) is 30.3 Å². The van der Waals surface area contributed by atoms with Crippen molar-refractivity contribution in [2.45, 2.75) is 51.0 Å². The molecule has 1 saturated carbocycles. The van der Waals surface area contributed by atoms with Crippen LogP contribution in [0.1, 0.15) is 56.6 Å². The van der Waals surface area contributed by atoms with E-state index in [2.05, 4.69) is 0 Å². The average molecular weight is 286 g/mol. The number of hydrogen-bond acceptors (Lipinski definition) is 2. The summed E-state index contributed by atoms with van der Waals surface area (Å²) in [7, 11) is 0. The van der Waals surface area contributed by atoms with Crippen molar-refractivity contribution in [3.63, 3.8) is 0 Å². The summed E-state index contributed by atoms with van der Waals surface area (Å²) < 4.78 is 0. The Bertz CT molecular complexity index is 469. The van der Waals surface area contributed by atoms with E-state index in [-0.39, 0.29) is 11.9 Å². The van der Waals surface area contributed by atoms with Crippen molar-refractivity contribution in [3.8, 4) is 0 Å². The second-order valence-electron chi connectivity index (χ2n) is 6.81. The Morgan fingerprint density at radius 2 is 1.71 bits per heavy atom. The summed E-state index contributed by atoms with van der Waals surface area (Å²) in [6.45, 7) is 1.86. The number of hydrogen-bond donors (Lipinski definition) is 1. The number of likely N-dealkylation sites (tertiary alicyclic amines) is 1. The highest BCUT2D eigenvalue weighted by atomic mass is 16.2. The molecule has 2 fully saturated rings. The van der Waals surface area contributed by atoms with Crippen LogP contribution in [0.2, 0.25) is 0 Å². The predicted molar refractivity (Wildman–Crippen MR) is 84.7 cm³/mol. The van der Waals surface area contributed by atoms with Crippen molar-refractivity contribution in [2.24, 2.45) is 11.1 Å². The maximum atomic E-state index is 12.4. The van der Waals surface area contributed by atoms with Crippen molar-refractivity contribution < 1.29 is 4.79 Å². The van der Waals surface area contributed by atoms with E-state index in [0.717, 1.165) is 18.7 Å². The smallest absolute Gasteiger partial charge is 0.224 e. The lowest BCUT2D eigenvalue weighted by atomic mass is 9.77. The second-order valence-corrected chi connectivity index (χ2v) is 6.81. The third-order valence-electron chi connectivity index (χ3n) is 5.46. The molecule has 1 aliphatic heterocycles. The van der Waals surface area contributed by atoms with Gasteiger partial charge in [-0.05, 0) is 36.7 Å². The standard InChI is InChI=1S/C18H26N2O/c19-16(15-6-2-1-3-7-15)14-17(21)20-12-10-18(11-13-20)8-4-5-9-18/h1-3,6-7,16H,4-5,8-14,19H2. The van der Waals surface area contributed by atoms with Crippen LogP contribution in [0, 0.1) is 5.41 Å². The van der Waals surface area contributed by atoms with Crippen molar-refractivity contribution in [2.75, 3.05) is 13.1 Å². The molecular formula is C18H26N2O. The molecule has 0 aromatic heterocycles. The first kappa shape index (κ1) is 14.6. The fraction of sp³-hybridized carbons (Fsp3) is 0.611. The van der Waals surface area contributed by atoms with E-state index >= 15 is 0 Å². The molecule has 2 N–H and O–H groups in total. The Labute approximate surface area is 127 Å². The number of benzene rings is 1. The van der Waals surface area contributed by atoms with Gasteiger partial charge in [-0.15, -0.1) is 0 Å². The van der Waals surface area contributed by atoms with Crippen LogP contribution in [-0.2, 0) is 4.79 Å². The van der Waals surface area contributed by atoms with Gasteiger partial charge in [-0.1, -0.05) is 43.2 Å². The zero-order chi connectivity index (χ0) is 14.7. The predicted octanol–water partition coefficient (Wildman–Crippen LogP) is 3.26. The van der Waals surface area contributed by atoms with Crippen LogP contribution < -0.4 is 5.73 Å². The molecule has 0 bridgehead atoms. The maximum absolute atomic E-state index is 12.4. The Hall–Kier alpha value is -1.35. The average Bonchev–Trinajstić information content (AvgIpc) is 2.97. The van der Waals surface area contributed by atoms with E-state index < -0.39 is 0 Å². The summed E-state index contributed by atoms with van der Waals surface area (Å²) in [6, 6.07) is 9.75. The van der Waals surface area contributed by atoms with Crippen LogP contribution in [-0.4, -0.2) is 23.9 Å². The summed E-state index contributed by atoms with van der Waals surface area (Å²) >= 11 is 0. The fourth-order valence-corrected chi connectivity index (χ4v) is 3.99. The molecule has 3 heteroatoms. The first-order valence-electron chi connectivity index (χ1n) is 8.27. The Kier molecular flexibility index (Phi) is 4.29. The van der Waals surface area contributed by atoms with Crippen LogP contribution in [0.4, 0.5) is 0 Å². The molecular weight excluding hydrogens is 260 g/mol. The van der Waals surface area contributed by atoms with Gasteiger partial charge >= 0.3 is 0 Å². The minimum atomic E-state index is -0.180. The molecule has 1 saturated heterocycles. The lowest BCUT2D eigenvalue weighted by molar-refractivity contribution is -0.133. The van der Waals surface area contributed by atoms with Crippen molar-refractivity contribution in [1.82, 2.24) is 4.90 Å². The third-order valence-corrected chi connectivity index (χ3v) is 5.46. The summed E-state index contributed by atoms with van der Waals surface area (Å²) in [6.07, 6.45) is 8.33. The molecule has 1 spiro atoms. The highest BCUT2D eigenvalue weighted by Gasteiger charge is 2.37. The number of nitrogens with zero attached hydrogens (tertiary/aromatic N) is 1. The van der Waals surface area contributed by atoms with Gasteiger partial charge < -0.3 is 10.6 Å². The van der Waals surface area contributed by atoms with Gasteiger partial charge in [-0.25, -0.2) is 0 Å². The Morgan fingerprint density at radius 1 is 1.10 bits per heavy atom. The number of piperidine rings is 1. The topological polar surface area (TPSA) is 46.3 Å². The van der Waals surface area contributed by atoms with Crippen molar-refractivity contribution >= 4 is 5.91 Å². The highest BCUT2D eigenvalue weighted by molar-refractivity contribution is 5.77. The third kappa shape index (κ3) is 3.29. The lowest BCUT2D eigenvalue weighted by Crippen LogP contribution is -2.43. The van der Waals surface area contributed by atoms with E-state index in [9.17, 15) is 4.79 Å². The minimum absolute atomic E-state index is 0.180. The van der Waals surface area contributed by atoms with Gasteiger partial charge in [-0.3, -0.25) is 4.79 Å². The van der Waals surface area contributed by atoms with Gasteiger partial charge in [0, 0.05) is 25.6 Å². The molecule has 1 unspecified atom stereocenters. The zero-order valence-electron chi connectivity index (χ0n) is 12.8. The van der Waals surface area contributed by atoms with Crippen LogP contribution in [0.5, 0.6) is 0 Å². The summed E-state index contributed by atoms with van der Waals surface area (Å²) in [5.74, 6) is 0.221. The summed E-state index contributed by atoms with van der Waals surface area (Å²) in [5, 5.41) is 0. The van der Waals surface area contributed by atoms with Gasteiger partial charge in [0.1, 0.15) is 0 Å². The quantitative estimate of drug-likeness (QED) is 0.927. The van der Waals surface area contributed by atoms with Gasteiger partial charge in [0.15, 0.2) is 0 Å². The van der Waals surface area contributed by atoms with Crippen molar-refractivity contribution in [3.05, 3.63) is 35.9 Å². The van der Waals surface area contributed by atoms with Crippen molar-refractivity contribution in [1.29, 1.82) is 0 Å². The largest absolute Gasteiger partial charge is 0.343 e. The number of carbonyl (C=O) groups is 1. The molecule has 1 aromatic rings. The van der Waals surface area contributed by atoms with E-state index in [4.69, 9.17) is 5.73 Å². The molecule has 1 aromatic carbocycles. The van der Waals surface area contributed by atoms with Crippen LogP contribution in [0.25, 0.3) is 0 Å². The molecule has 3 nitrogen and oxygen atoms in total. The van der Waals surface area contributed by atoms with Gasteiger partial charge in [0.25, 0.3) is 0 Å². The SMILES string of the molecule is NC(CC(=O)N1CCC2(CCCC2)CC1)c1ccccc1. The number of amides is 1. The molecule has 0 radical (unpaired) electrons. The van der Waals surface area contributed by atoms with Gasteiger partial charge in [0.2, 0.25) is 5.91 Å². The molecule has 2 aliphatic rings. The first-order valence-corrected chi connectivity index (χ1v) is 8.27. The number of nitrogens with two attached hydrogens (primary N) is 1. The maximum Gasteiger partial charge on any atom is 0.224 e. The van der Waals surface area contributed by atoms with E-state index in [1.807, 2.05) is 35.2 Å². The molecule has 1 heterocycles. The van der Waals surface area contributed by atoms with Gasteiger partial charge in [0.05, 0.1) is 0 Å². The van der Waals surface area contributed by atoms with E-state index in [1.54, 1.807) is 0 Å². The van der Waals surface area contributed by atoms with Crippen LogP contribution in [0.3, 0.4) is 0 Å². The molecule has 3 rings (SSSR count). The van der Waals surface area contributed by atoms with E-state index in [0.29, 0.717) is 11.8 Å². The molecule has 1 atom stereocenters. The van der Waals surface area contributed by atoms with Crippen LogP contribution >= 0.6 is 0 Å². The number of carbonyl (C=O) groups excluding carboxylic acids is 1. The first-order chi connectivity index (χ1) is 10.2. The second kappa shape index (κ2) is 6.18. The van der Waals surface area contributed by atoms with Gasteiger partial charge in [-0.2, -0.15) is 0 Å². The Balaban J connectivity index is 1.52. The lowest BCUT2D eigenvalue weighted by Gasteiger charge is -2.39. The zero-order valence-corrected chi connectivity index (χ0v) is 12.8. The molecule has 114 valence electrons. The molecule has 21 heavy (non-hydrogen) atoms. The fourth-order valence-electron chi connectivity index (χ4n) is 3.99. The summed E-state index contributed by atoms with van der Waals surface area (Å²) in [5.41, 5.74) is 7.79. The summed E-state index contributed by atoms with van der Waals surface area (Å²) in [4.78, 5) is 14.5. The molecule has 1 aliphatic carbocycles. The number of rotatable bonds is 3. The Morgan fingerprint density at radius 3 is 2.33 bits per heavy atom. The normalized spacial score (nSPS) is 22.4. The monoisotopic (exact) mass is 286 g/mol. The highest BCUT2D eigenvalue weighted by Crippen LogP contribution is 2.46. The minimum Gasteiger partial charge on any atom is -0.343 e. The van der Waals surface area contributed by atoms with E-state index in [1.165, 1.54) is 38.5 Å².